The minimum atomic E-state index is -0.725. The quantitative estimate of drug-likeness (QED) is 0.626. The fourth-order valence-electron chi connectivity index (χ4n) is 2.18. The smallest absolute Gasteiger partial charge is 0.265 e. The van der Waals surface area contributed by atoms with Gasteiger partial charge in [0.25, 0.3) is 5.91 Å². The van der Waals surface area contributed by atoms with Gasteiger partial charge in [0, 0.05) is 11.9 Å². The number of ether oxygens (including phenoxy) is 2. The number of nitrogens with zero attached hydrogens (tertiary/aromatic N) is 1. The number of hydrogen-bond acceptors (Lipinski definition) is 4. The van der Waals surface area contributed by atoms with Crippen LogP contribution in [0.5, 0.6) is 17.2 Å². The normalized spacial score (nSPS) is 11.5. The van der Waals surface area contributed by atoms with Gasteiger partial charge < -0.3 is 14.8 Å². The number of amides is 1. The molecule has 0 bridgehead atoms. The molecule has 1 amide bonds. The molecule has 5 nitrogen and oxygen atoms in total. The summed E-state index contributed by atoms with van der Waals surface area (Å²) in [6.45, 7) is 1.64. The molecule has 0 spiro atoms. The molecule has 0 aliphatic rings. The first-order chi connectivity index (χ1) is 12.6. The van der Waals surface area contributed by atoms with Gasteiger partial charge in [-0.15, -0.1) is 0 Å². The van der Waals surface area contributed by atoms with E-state index < -0.39 is 6.10 Å². The highest BCUT2D eigenvalue weighted by Crippen LogP contribution is 2.24. The zero-order valence-electron chi connectivity index (χ0n) is 14.1. The Kier molecular flexibility index (Phi) is 5.71. The third-order valence-corrected chi connectivity index (χ3v) is 3.78. The lowest BCUT2D eigenvalue weighted by atomic mass is 10.2. The van der Waals surface area contributed by atoms with Crippen molar-refractivity contribution < 1.29 is 14.3 Å². The van der Waals surface area contributed by atoms with E-state index in [0.29, 0.717) is 17.2 Å². The minimum absolute atomic E-state index is 0.217. The molecule has 0 aliphatic carbocycles. The number of aromatic nitrogens is 1. The molecule has 132 valence electrons. The van der Waals surface area contributed by atoms with Crippen molar-refractivity contribution in [3.8, 4) is 17.2 Å². The summed E-state index contributed by atoms with van der Waals surface area (Å²) < 4.78 is 11.3. The molecule has 0 fully saturated rings. The summed E-state index contributed by atoms with van der Waals surface area (Å²) in [5.41, 5.74) is 0.642. The number of carbonyl (C=O) groups excluding carboxylic acids is 1. The second-order valence-corrected chi connectivity index (χ2v) is 5.84. The van der Waals surface area contributed by atoms with E-state index in [1.165, 1.54) is 0 Å². The molecule has 3 aromatic rings. The summed E-state index contributed by atoms with van der Waals surface area (Å²) in [4.78, 5) is 16.2. The number of anilines is 1. The van der Waals surface area contributed by atoms with Gasteiger partial charge in [-0.3, -0.25) is 4.79 Å². The predicted octanol–water partition coefficient (Wildman–Crippen LogP) is 4.93. The molecule has 0 radical (unpaired) electrons. The molecule has 1 heterocycles. The highest BCUT2D eigenvalue weighted by atomic mass is 35.5. The van der Waals surface area contributed by atoms with Gasteiger partial charge in [0.15, 0.2) is 17.0 Å². The first-order valence-corrected chi connectivity index (χ1v) is 8.40. The van der Waals surface area contributed by atoms with Crippen LogP contribution in [0.15, 0.2) is 72.9 Å². The Morgan fingerprint density at radius 1 is 1.00 bits per heavy atom. The summed E-state index contributed by atoms with van der Waals surface area (Å²) in [6.07, 6.45) is 0.830. The van der Waals surface area contributed by atoms with Gasteiger partial charge in [-0.25, -0.2) is 4.98 Å². The van der Waals surface area contributed by atoms with E-state index in [1.54, 1.807) is 49.5 Å². The maximum atomic E-state index is 12.3. The fourth-order valence-corrected chi connectivity index (χ4v) is 2.34. The van der Waals surface area contributed by atoms with Crippen LogP contribution in [0, 0.1) is 0 Å². The third-order valence-electron chi connectivity index (χ3n) is 3.50. The van der Waals surface area contributed by atoms with E-state index in [1.807, 2.05) is 30.3 Å². The topological polar surface area (TPSA) is 60.5 Å². The molecule has 1 atom stereocenters. The number of pyridine rings is 1. The molecule has 0 aliphatic heterocycles. The van der Waals surface area contributed by atoms with Crippen molar-refractivity contribution >= 4 is 23.2 Å². The van der Waals surface area contributed by atoms with Gasteiger partial charge in [0.2, 0.25) is 0 Å². The van der Waals surface area contributed by atoms with Crippen molar-refractivity contribution in [2.24, 2.45) is 0 Å². The van der Waals surface area contributed by atoms with Gasteiger partial charge in [-0.2, -0.15) is 0 Å². The lowest BCUT2D eigenvalue weighted by Crippen LogP contribution is -2.30. The Hall–Kier alpha value is -3.05. The first-order valence-electron chi connectivity index (χ1n) is 8.03. The molecule has 26 heavy (non-hydrogen) atoms. The maximum absolute atomic E-state index is 12.3. The van der Waals surface area contributed by atoms with Gasteiger partial charge in [0.1, 0.15) is 11.5 Å². The van der Waals surface area contributed by atoms with Gasteiger partial charge >= 0.3 is 0 Å². The molecule has 0 saturated heterocycles. The Labute approximate surface area is 156 Å². The van der Waals surface area contributed by atoms with Crippen LogP contribution < -0.4 is 14.8 Å². The van der Waals surface area contributed by atoms with Crippen molar-refractivity contribution in [1.29, 1.82) is 0 Å². The molecular weight excluding hydrogens is 352 g/mol. The van der Waals surface area contributed by atoms with Gasteiger partial charge in [0.05, 0.1) is 0 Å². The highest BCUT2D eigenvalue weighted by Gasteiger charge is 2.16. The third kappa shape index (κ3) is 4.74. The van der Waals surface area contributed by atoms with Gasteiger partial charge in [-0.1, -0.05) is 29.8 Å². The number of nitrogens with one attached hydrogen (secondary N) is 1. The monoisotopic (exact) mass is 368 g/mol. The summed E-state index contributed by atoms with van der Waals surface area (Å²) >= 11 is 5.94. The van der Waals surface area contributed by atoms with E-state index in [9.17, 15) is 4.79 Å². The molecule has 1 aromatic heterocycles. The number of para-hydroxylation sites is 1. The average molecular weight is 369 g/mol. The average Bonchev–Trinajstić information content (AvgIpc) is 2.66. The lowest BCUT2D eigenvalue weighted by molar-refractivity contribution is -0.122. The van der Waals surface area contributed by atoms with Crippen molar-refractivity contribution in [3.63, 3.8) is 0 Å². The van der Waals surface area contributed by atoms with E-state index >= 15 is 0 Å². The van der Waals surface area contributed by atoms with Crippen LogP contribution in [0.3, 0.4) is 0 Å². The zero-order valence-corrected chi connectivity index (χ0v) is 14.8. The predicted molar refractivity (Wildman–Crippen MR) is 101 cm³/mol. The van der Waals surface area contributed by atoms with E-state index in [-0.39, 0.29) is 11.1 Å². The van der Waals surface area contributed by atoms with Crippen molar-refractivity contribution in [1.82, 2.24) is 4.98 Å². The second kappa shape index (κ2) is 8.36. The van der Waals surface area contributed by atoms with Crippen LogP contribution in [0.4, 0.5) is 5.69 Å². The van der Waals surface area contributed by atoms with Crippen LogP contribution in [-0.4, -0.2) is 17.0 Å². The van der Waals surface area contributed by atoms with Crippen LogP contribution in [0.1, 0.15) is 6.92 Å². The van der Waals surface area contributed by atoms with E-state index in [4.69, 9.17) is 21.1 Å². The maximum Gasteiger partial charge on any atom is 0.265 e. The summed E-state index contributed by atoms with van der Waals surface area (Å²) in [5.74, 6) is 1.50. The Morgan fingerprint density at radius 3 is 2.38 bits per heavy atom. The van der Waals surface area contributed by atoms with Crippen LogP contribution >= 0.6 is 11.6 Å². The Balaban J connectivity index is 1.58. The van der Waals surface area contributed by atoms with Crippen molar-refractivity contribution in [2.45, 2.75) is 13.0 Å². The number of benzene rings is 2. The Bertz CT molecular complexity index is 870. The summed E-state index contributed by atoms with van der Waals surface area (Å²) in [5, 5.41) is 3.01. The lowest BCUT2D eigenvalue weighted by Gasteiger charge is -2.15. The number of hydrogen-bond donors (Lipinski definition) is 1. The van der Waals surface area contributed by atoms with Crippen LogP contribution in [0.25, 0.3) is 0 Å². The van der Waals surface area contributed by atoms with E-state index in [2.05, 4.69) is 10.3 Å². The van der Waals surface area contributed by atoms with Crippen molar-refractivity contribution in [3.05, 3.63) is 78.1 Å². The fraction of sp³-hybridized carbons (Fsp3) is 0.100. The molecule has 3 rings (SSSR count). The zero-order chi connectivity index (χ0) is 18.4. The van der Waals surface area contributed by atoms with Crippen molar-refractivity contribution in [2.75, 3.05) is 5.32 Å². The highest BCUT2D eigenvalue weighted by molar-refractivity contribution is 6.30. The second-order valence-electron chi connectivity index (χ2n) is 5.48. The molecule has 0 saturated carbocycles. The van der Waals surface area contributed by atoms with Gasteiger partial charge in [-0.05, 0) is 55.5 Å². The minimum Gasteiger partial charge on any atom is -0.478 e. The van der Waals surface area contributed by atoms with Crippen LogP contribution in [0.2, 0.25) is 5.15 Å². The number of rotatable bonds is 6. The summed E-state index contributed by atoms with van der Waals surface area (Å²) in [7, 11) is 0. The SMILES string of the molecule is CC(Oc1cccnc1Cl)C(=O)Nc1ccc(Oc2ccccc2)cc1. The molecule has 2 aromatic carbocycles. The standard InChI is InChI=1S/C20H17ClN2O3/c1-14(25-18-8-5-13-22-19(18)21)20(24)23-15-9-11-17(12-10-15)26-16-6-3-2-4-7-16/h2-14H,1H3,(H,23,24). The first kappa shape index (κ1) is 17.8. The molecule has 1 unspecified atom stereocenters. The molecule has 1 N–H and O–H groups in total. The number of carbonyl (C=O) groups is 1. The Morgan fingerprint density at radius 2 is 1.69 bits per heavy atom. The number of halogens is 1. The van der Waals surface area contributed by atoms with Crippen LogP contribution in [-0.2, 0) is 4.79 Å². The van der Waals surface area contributed by atoms with E-state index in [0.717, 1.165) is 5.75 Å². The summed E-state index contributed by atoms with van der Waals surface area (Å²) in [6, 6.07) is 19.9. The molecule has 6 heteroatoms. The molecular formula is C20H17ClN2O3. The largest absolute Gasteiger partial charge is 0.478 e.